The lowest BCUT2D eigenvalue weighted by molar-refractivity contribution is -0.244. The first-order valence-corrected chi connectivity index (χ1v) is 6.00. The van der Waals surface area contributed by atoms with Gasteiger partial charge in [0, 0.05) is 18.3 Å². The van der Waals surface area contributed by atoms with E-state index in [1.165, 1.54) is 18.9 Å². The maximum absolute atomic E-state index is 9.73. The molecule has 0 amide bonds. The first kappa shape index (κ1) is 9.77. The van der Waals surface area contributed by atoms with Gasteiger partial charge < -0.3 is 10.2 Å². The largest absolute Gasteiger partial charge is 0.353 e. The Kier molecular flexibility index (Phi) is 2.83. The highest BCUT2D eigenvalue weighted by Crippen LogP contribution is 2.36. The molecule has 2 rings (SSSR count). The molecule has 75 valence electrons. The first-order chi connectivity index (χ1) is 6.20. The second-order valence-electron chi connectivity index (χ2n) is 3.75. The molecule has 0 aromatic carbocycles. The normalized spacial score (nSPS) is 30.9. The Labute approximate surface area is 83.1 Å². The van der Waals surface area contributed by atoms with Crippen LogP contribution in [0.1, 0.15) is 25.7 Å². The molecule has 2 fully saturated rings. The van der Waals surface area contributed by atoms with Crippen LogP contribution >= 0.6 is 11.8 Å². The van der Waals surface area contributed by atoms with Gasteiger partial charge in [-0.3, -0.25) is 0 Å². The fourth-order valence-electron chi connectivity index (χ4n) is 2.09. The maximum atomic E-state index is 9.73. The molecular formula is C9H16NO2S. The Morgan fingerprint density at radius 2 is 1.92 bits per heavy atom. The van der Waals surface area contributed by atoms with Gasteiger partial charge in [-0.25, -0.2) is 4.90 Å². The number of hydrogen-bond acceptors (Lipinski definition) is 4. The van der Waals surface area contributed by atoms with E-state index in [0.29, 0.717) is 5.75 Å². The van der Waals surface area contributed by atoms with Gasteiger partial charge in [0.25, 0.3) is 0 Å². The summed E-state index contributed by atoms with van der Waals surface area (Å²) in [6.45, 7) is 0.785. The van der Waals surface area contributed by atoms with Crippen molar-refractivity contribution in [2.75, 3.05) is 18.1 Å². The molecule has 0 atom stereocenters. The lowest BCUT2D eigenvalue weighted by Crippen LogP contribution is -2.55. The predicted octanol–water partition coefficient (Wildman–Crippen LogP) is 0.780. The first-order valence-electron chi connectivity index (χ1n) is 4.85. The molecule has 0 aromatic heterocycles. The molecule has 0 bridgehead atoms. The van der Waals surface area contributed by atoms with Crippen LogP contribution in [0.2, 0.25) is 0 Å². The van der Waals surface area contributed by atoms with Crippen molar-refractivity contribution >= 4 is 11.8 Å². The van der Waals surface area contributed by atoms with Gasteiger partial charge in [0.1, 0.15) is 0 Å². The molecule has 13 heavy (non-hydrogen) atoms. The van der Waals surface area contributed by atoms with Gasteiger partial charge in [-0.1, -0.05) is 12.8 Å². The van der Waals surface area contributed by atoms with E-state index in [2.05, 4.69) is 0 Å². The van der Waals surface area contributed by atoms with E-state index in [1.54, 1.807) is 16.7 Å². The second kappa shape index (κ2) is 3.77. The Hall–Kier alpha value is 0.230. The highest BCUT2D eigenvalue weighted by Gasteiger charge is 2.40. The molecule has 0 unspecified atom stereocenters. The quantitative estimate of drug-likeness (QED) is 0.617. The molecule has 2 aliphatic rings. The number of nitrogens with zero attached hydrogens (tertiary/aromatic N) is 1. The second-order valence-corrected chi connectivity index (χ2v) is 4.86. The molecule has 1 heterocycles. The highest BCUT2D eigenvalue weighted by molar-refractivity contribution is 7.99. The fraction of sp³-hybridized carbons (Fsp3) is 0.889. The summed E-state index contributed by atoms with van der Waals surface area (Å²) in [5, 5.41) is 19.5. The van der Waals surface area contributed by atoms with Gasteiger partial charge >= 0.3 is 0 Å². The summed E-state index contributed by atoms with van der Waals surface area (Å²) in [4.78, 5) is 1.80. The molecule has 0 aromatic rings. The molecule has 1 radical (unpaired) electrons. The predicted molar refractivity (Wildman–Crippen MR) is 52.9 cm³/mol. The van der Waals surface area contributed by atoms with Crippen molar-refractivity contribution in [3.05, 3.63) is 6.04 Å². The molecule has 1 aliphatic carbocycles. The van der Waals surface area contributed by atoms with Crippen LogP contribution in [0.15, 0.2) is 0 Å². The minimum Gasteiger partial charge on any atom is -0.353 e. The van der Waals surface area contributed by atoms with Crippen molar-refractivity contribution in [1.82, 2.24) is 4.90 Å². The SMILES string of the molecule is OC1(O)CSCCN1[C]1CCCC1. The molecular weight excluding hydrogens is 186 g/mol. The van der Waals surface area contributed by atoms with Gasteiger partial charge in [-0.05, 0) is 12.8 Å². The summed E-state index contributed by atoms with van der Waals surface area (Å²) in [7, 11) is 0. The van der Waals surface area contributed by atoms with Crippen LogP contribution in [-0.2, 0) is 0 Å². The minimum atomic E-state index is -1.58. The van der Waals surface area contributed by atoms with Crippen molar-refractivity contribution in [1.29, 1.82) is 0 Å². The average Bonchev–Trinajstić information content (AvgIpc) is 2.55. The van der Waals surface area contributed by atoms with Crippen molar-refractivity contribution in [3.63, 3.8) is 0 Å². The molecule has 1 saturated carbocycles. The zero-order chi connectivity index (χ0) is 9.31. The molecule has 0 spiro atoms. The van der Waals surface area contributed by atoms with Crippen molar-refractivity contribution < 1.29 is 10.2 Å². The number of thioether (sulfide) groups is 1. The lowest BCUT2D eigenvalue weighted by Gasteiger charge is -2.41. The van der Waals surface area contributed by atoms with E-state index >= 15 is 0 Å². The molecule has 1 saturated heterocycles. The van der Waals surface area contributed by atoms with E-state index in [-0.39, 0.29) is 0 Å². The Morgan fingerprint density at radius 3 is 2.54 bits per heavy atom. The van der Waals surface area contributed by atoms with E-state index < -0.39 is 5.91 Å². The fourth-order valence-corrected chi connectivity index (χ4v) is 2.97. The van der Waals surface area contributed by atoms with Crippen LogP contribution in [0.3, 0.4) is 0 Å². The number of hydrogen-bond donors (Lipinski definition) is 2. The van der Waals surface area contributed by atoms with Crippen molar-refractivity contribution in [3.8, 4) is 0 Å². The van der Waals surface area contributed by atoms with Crippen molar-refractivity contribution in [2.24, 2.45) is 0 Å². The average molecular weight is 202 g/mol. The molecule has 1 aliphatic heterocycles. The zero-order valence-electron chi connectivity index (χ0n) is 7.70. The van der Waals surface area contributed by atoms with Crippen LogP contribution < -0.4 is 0 Å². The Balaban J connectivity index is 2.02. The monoisotopic (exact) mass is 202 g/mol. The van der Waals surface area contributed by atoms with Crippen LogP contribution in [0, 0.1) is 6.04 Å². The third kappa shape index (κ3) is 2.01. The number of rotatable bonds is 1. The molecule has 2 N–H and O–H groups in total. The number of aliphatic hydroxyl groups is 2. The third-order valence-corrected chi connectivity index (χ3v) is 3.81. The third-order valence-electron chi connectivity index (χ3n) is 2.75. The highest BCUT2D eigenvalue weighted by atomic mass is 32.2. The van der Waals surface area contributed by atoms with E-state index in [1.807, 2.05) is 0 Å². The van der Waals surface area contributed by atoms with E-state index in [0.717, 1.165) is 25.1 Å². The standard InChI is InChI=1S/C9H16NO2S/c11-9(12)7-13-6-5-10(9)8-3-1-2-4-8/h11-12H,1-7H2. The summed E-state index contributed by atoms with van der Waals surface area (Å²) >= 11 is 1.61. The van der Waals surface area contributed by atoms with Gasteiger partial charge in [0.15, 0.2) is 0 Å². The smallest absolute Gasteiger partial charge is 0.235 e. The Morgan fingerprint density at radius 1 is 1.23 bits per heavy atom. The van der Waals surface area contributed by atoms with Crippen LogP contribution in [0.4, 0.5) is 0 Å². The Bertz CT molecular complexity index is 180. The zero-order valence-corrected chi connectivity index (χ0v) is 8.52. The summed E-state index contributed by atoms with van der Waals surface area (Å²) in [5.74, 6) is -0.161. The topological polar surface area (TPSA) is 43.7 Å². The van der Waals surface area contributed by atoms with Crippen molar-refractivity contribution in [2.45, 2.75) is 31.6 Å². The van der Waals surface area contributed by atoms with Crippen LogP contribution in [0.5, 0.6) is 0 Å². The summed E-state index contributed by atoms with van der Waals surface area (Å²) in [5.41, 5.74) is 0. The van der Waals surface area contributed by atoms with Gasteiger partial charge in [-0.2, -0.15) is 11.8 Å². The summed E-state index contributed by atoms with van der Waals surface area (Å²) in [6.07, 6.45) is 4.51. The van der Waals surface area contributed by atoms with Crippen LogP contribution in [-0.4, -0.2) is 39.1 Å². The van der Waals surface area contributed by atoms with Gasteiger partial charge in [0.2, 0.25) is 5.91 Å². The maximum Gasteiger partial charge on any atom is 0.235 e. The summed E-state index contributed by atoms with van der Waals surface area (Å²) in [6, 6.07) is 1.24. The van der Waals surface area contributed by atoms with Gasteiger partial charge in [-0.15, -0.1) is 0 Å². The van der Waals surface area contributed by atoms with E-state index in [4.69, 9.17) is 0 Å². The molecule has 4 heteroatoms. The lowest BCUT2D eigenvalue weighted by atomic mass is 10.2. The van der Waals surface area contributed by atoms with Crippen LogP contribution in [0.25, 0.3) is 0 Å². The summed E-state index contributed by atoms with van der Waals surface area (Å²) < 4.78 is 0. The van der Waals surface area contributed by atoms with Gasteiger partial charge in [0.05, 0.1) is 5.75 Å². The van der Waals surface area contributed by atoms with E-state index in [9.17, 15) is 10.2 Å². The minimum absolute atomic E-state index is 0.413. The molecule has 3 nitrogen and oxygen atoms in total.